The van der Waals surface area contributed by atoms with Crippen molar-refractivity contribution < 1.29 is 4.74 Å². The summed E-state index contributed by atoms with van der Waals surface area (Å²) in [5.74, 6) is 0.709. The number of halogens is 1. The molecule has 0 saturated carbocycles. The molecule has 32 heavy (non-hydrogen) atoms. The Morgan fingerprint density at radius 3 is 3.00 bits per heavy atom. The summed E-state index contributed by atoms with van der Waals surface area (Å²) in [6, 6.07) is 5.86. The van der Waals surface area contributed by atoms with E-state index in [0.29, 0.717) is 43.4 Å². The topological polar surface area (TPSA) is 118 Å². The van der Waals surface area contributed by atoms with Crippen LogP contribution in [0.1, 0.15) is 30.6 Å². The molecule has 1 saturated heterocycles. The van der Waals surface area contributed by atoms with E-state index in [1.54, 1.807) is 24.4 Å². The van der Waals surface area contributed by atoms with Crippen molar-refractivity contribution in [1.82, 2.24) is 15.3 Å². The lowest BCUT2D eigenvalue weighted by molar-refractivity contribution is 0.268. The van der Waals surface area contributed by atoms with Gasteiger partial charge in [-0.3, -0.25) is 4.79 Å². The molecule has 1 fully saturated rings. The summed E-state index contributed by atoms with van der Waals surface area (Å²) in [6.45, 7) is 1.73. The third-order valence-corrected chi connectivity index (χ3v) is 6.93. The van der Waals surface area contributed by atoms with Crippen molar-refractivity contribution in [2.24, 2.45) is 10.2 Å². The summed E-state index contributed by atoms with van der Waals surface area (Å²) in [5.41, 5.74) is 5.94. The number of hydrogen-bond acceptors (Lipinski definition) is 9. The Morgan fingerprint density at radius 2 is 2.25 bits per heavy atom. The summed E-state index contributed by atoms with van der Waals surface area (Å²) in [7, 11) is 0. The highest BCUT2D eigenvalue weighted by Gasteiger charge is 2.12. The number of aromatic amines is 1. The van der Waals surface area contributed by atoms with E-state index in [-0.39, 0.29) is 5.56 Å². The molecule has 1 aromatic carbocycles. The number of H-pyrrole nitrogens is 1. The van der Waals surface area contributed by atoms with Crippen molar-refractivity contribution in [3.8, 4) is 5.75 Å². The van der Waals surface area contributed by atoms with Crippen LogP contribution in [0.25, 0.3) is 12.3 Å². The van der Waals surface area contributed by atoms with Gasteiger partial charge in [-0.2, -0.15) is 5.11 Å². The first-order valence-corrected chi connectivity index (χ1v) is 12.3. The second-order valence-corrected chi connectivity index (χ2v) is 9.86. The highest BCUT2D eigenvalue weighted by atomic mass is 35.5. The highest BCUT2D eigenvalue weighted by Crippen LogP contribution is 2.29. The largest absolute Gasteiger partial charge is 0.493 e. The number of hydrogen-bond donors (Lipinski definition) is 3. The van der Waals surface area contributed by atoms with E-state index in [4.69, 9.17) is 22.1 Å². The predicted molar refractivity (Wildman–Crippen MR) is 130 cm³/mol. The van der Waals surface area contributed by atoms with Crippen LogP contribution < -0.4 is 30.5 Å². The molecule has 1 aliphatic heterocycles. The van der Waals surface area contributed by atoms with Gasteiger partial charge < -0.3 is 20.8 Å². The van der Waals surface area contributed by atoms with Crippen LogP contribution in [-0.4, -0.2) is 29.2 Å². The van der Waals surface area contributed by atoms with Crippen molar-refractivity contribution >= 4 is 57.4 Å². The molecule has 8 nitrogen and oxygen atoms in total. The van der Waals surface area contributed by atoms with Crippen LogP contribution in [0.2, 0.25) is 5.02 Å². The zero-order valence-corrected chi connectivity index (χ0v) is 19.6. The number of nitrogen functional groups attached to an aromatic ring is 1. The Morgan fingerprint density at radius 1 is 1.34 bits per heavy atom. The van der Waals surface area contributed by atoms with E-state index >= 15 is 0 Å². The van der Waals surface area contributed by atoms with Crippen LogP contribution in [0.4, 0.5) is 10.8 Å². The van der Waals surface area contributed by atoms with E-state index < -0.39 is 0 Å². The maximum atomic E-state index is 12.1. The van der Waals surface area contributed by atoms with Crippen LogP contribution in [0, 0.1) is 0 Å². The van der Waals surface area contributed by atoms with Gasteiger partial charge in [-0.15, -0.1) is 16.5 Å². The number of piperidine rings is 1. The number of benzene rings is 1. The summed E-state index contributed by atoms with van der Waals surface area (Å²) in [5, 5.41) is 12.6. The van der Waals surface area contributed by atoms with Crippen molar-refractivity contribution in [3.63, 3.8) is 0 Å². The minimum absolute atomic E-state index is 0.202. The Bertz CT molecular complexity index is 1260. The van der Waals surface area contributed by atoms with Crippen LogP contribution >= 0.6 is 34.3 Å². The zero-order valence-electron chi connectivity index (χ0n) is 17.2. The molecule has 4 rings (SSSR count). The first-order valence-electron chi connectivity index (χ1n) is 10.3. The van der Waals surface area contributed by atoms with Gasteiger partial charge in [0.25, 0.3) is 5.56 Å². The van der Waals surface area contributed by atoms with Crippen molar-refractivity contribution in [2.75, 3.05) is 18.9 Å². The second-order valence-electron chi connectivity index (χ2n) is 7.27. The quantitative estimate of drug-likeness (QED) is 0.439. The van der Waals surface area contributed by atoms with E-state index in [1.807, 2.05) is 6.07 Å². The van der Waals surface area contributed by atoms with Crippen LogP contribution in [-0.2, 0) is 0 Å². The number of rotatable bonds is 7. The Balaban J connectivity index is 1.38. The fraction of sp³-hybridized carbons (Fsp3) is 0.333. The number of anilines is 1. The lowest BCUT2D eigenvalue weighted by Gasteiger charge is -2.23. The average Bonchev–Trinajstić information content (AvgIpc) is 3.35. The van der Waals surface area contributed by atoms with Gasteiger partial charge in [0, 0.05) is 18.3 Å². The molecule has 3 heterocycles. The zero-order chi connectivity index (χ0) is 22.3. The van der Waals surface area contributed by atoms with Crippen molar-refractivity contribution in [1.29, 1.82) is 0 Å². The molecule has 0 radical (unpaired) electrons. The Hall–Kier alpha value is -2.53. The molecule has 0 amide bonds. The molecule has 0 aliphatic carbocycles. The third-order valence-electron chi connectivity index (χ3n) is 4.90. The van der Waals surface area contributed by atoms with Crippen LogP contribution in [0.15, 0.2) is 39.4 Å². The normalized spacial score (nSPS) is 18.0. The number of ether oxygens (including phenoxy) is 1. The van der Waals surface area contributed by atoms with Gasteiger partial charge in [-0.1, -0.05) is 29.4 Å². The molecule has 0 spiro atoms. The summed E-state index contributed by atoms with van der Waals surface area (Å²) < 4.78 is 6.95. The molecule has 1 aliphatic rings. The standard InChI is InChI=1S/C21H23ClN6O2S2/c22-16-9-14(30-8-6-13-3-1-2-7-24-13)4-5-17(16)28-26-12-19-27-20(29)18(32-19)10-15-11-25-21(23)31-15/h4-5,9-13,24H,1-3,6-8H2,(H2,23,25)(H,27,29)/b18-10-,19-12-,28-26?. The van der Waals surface area contributed by atoms with Gasteiger partial charge in [0.05, 0.1) is 27.2 Å². The van der Waals surface area contributed by atoms with Crippen LogP contribution in [0.5, 0.6) is 5.75 Å². The first-order chi connectivity index (χ1) is 15.6. The van der Waals surface area contributed by atoms with Gasteiger partial charge in [0.1, 0.15) is 16.1 Å². The van der Waals surface area contributed by atoms with Crippen molar-refractivity contribution in [2.45, 2.75) is 31.7 Å². The fourth-order valence-electron chi connectivity index (χ4n) is 3.31. The maximum absolute atomic E-state index is 12.1. The van der Waals surface area contributed by atoms with E-state index in [0.717, 1.165) is 17.8 Å². The first kappa shape index (κ1) is 22.7. The fourth-order valence-corrected chi connectivity index (χ4v) is 5.03. The molecule has 1 atom stereocenters. The predicted octanol–water partition coefficient (Wildman–Crippen LogP) is 3.39. The average molecular weight is 491 g/mol. The van der Waals surface area contributed by atoms with Crippen LogP contribution in [0.3, 0.4) is 0 Å². The minimum Gasteiger partial charge on any atom is -0.493 e. The molecule has 3 aromatic rings. The van der Waals surface area contributed by atoms with Gasteiger partial charge in [-0.05, 0) is 44.0 Å². The number of nitrogens with one attached hydrogen (secondary N) is 2. The lowest BCUT2D eigenvalue weighted by Crippen LogP contribution is -2.35. The Labute approximate surface area is 197 Å². The third kappa shape index (κ3) is 6.26. The highest BCUT2D eigenvalue weighted by molar-refractivity contribution is 7.16. The SMILES string of the molecule is Nc1ncc(/C=c2\s/c(=C\N=Nc3ccc(OCCC4CCCCN4)cc3Cl)[nH]c2=O)s1. The molecular weight excluding hydrogens is 468 g/mol. The lowest BCUT2D eigenvalue weighted by atomic mass is 10.0. The molecular formula is C21H23ClN6O2S2. The number of nitrogens with two attached hydrogens (primary N) is 1. The summed E-state index contributed by atoms with van der Waals surface area (Å²) in [6.07, 6.45) is 9.57. The van der Waals surface area contributed by atoms with E-state index in [1.165, 1.54) is 48.1 Å². The minimum atomic E-state index is -0.202. The maximum Gasteiger partial charge on any atom is 0.266 e. The molecule has 0 bridgehead atoms. The second kappa shape index (κ2) is 10.9. The van der Waals surface area contributed by atoms with E-state index in [2.05, 4.69) is 25.5 Å². The van der Waals surface area contributed by atoms with Gasteiger partial charge in [0.15, 0.2) is 5.13 Å². The monoisotopic (exact) mass is 490 g/mol. The summed E-state index contributed by atoms with van der Waals surface area (Å²) in [4.78, 5) is 19.6. The molecule has 4 N–H and O–H groups in total. The molecule has 168 valence electrons. The molecule has 2 aromatic heterocycles. The number of aromatic nitrogens is 2. The number of thiazole rings is 2. The molecule has 1 unspecified atom stereocenters. The van der Waals surface area contributed by atoms with Gasteiger partial charge in [0.2, 0.25) is 0 Å². The van der Waals surface area contributed by atoms with Gasteiger partial charge in [-0.25, -0.2) is 4.98 Å². The number of azo groups is 1. The summed E-state index contributed by atoms with van der Waals surface area (Å²) >= 11 is 8.91. The van der Waals surface area contributed by atoms with E-state index in [9.17, 15) is 4.79 Å². The smallest absolute Gasteiger partial charge is 0.266 e. The number of nitrogens with zero attached hydrogens (tertiary/aromatic N) is 3. The van der Waals surface area contributed by atoms with Crippen molar-refractivity contribution in [3.05, 3.63) is 53.8 Å². The molecule has 11 heteroatoms. The van der Waals surface area contributed by atoms with Gasteiger partial charge >= 0.3 is 0 Å². The Kier molecular flexibility index (Phi) is 7.69.